The van der Waals surface area contributed by atoms with Gasteiger partial charge in [0.1, 0.15) is 4.32 Å². The zero-order valence-electron chi connectivity index (χ0n) is 10.2. The Morgan fingerprint density at radius 2 is 2.11 bits per heavy atom. The molecule has 1 aromatic carbocycles. The number of thiocarbonyl (C=S) groups is 1. The first kappa shape index (κ1) is 14.6. The van der Waals surface area contributed by atoms with Crippen LogP contribution in [0.5, 0.6) is 11.5 Å². The number of hydrogen-bond donors (Lipinski definition) is 1. The molecule has 1 aliphatic rings. The Labute approximate surface area is 134 Å². The number of nitrogens with one attached hydrogen (secondary N) is 1. The standard InChI is InChI=1S/C12H10INO3S2/c1-16-8-4-6(3-7(13)10(8)17-2)5-9-11(15)14-12(18)19-9/h3-5H,1-2H3,(H,14,15,18). The minimum atomic E-state index is -0.167. The van der Waals surface area contributed by atoms with Crippen molar-refractivity contribution >= 4 is 62.9 Å². The third-order valence-electron chi connectivity index (χ3n) is 2.40. The van der Waals surface area contributed by atoms with Crippen LogP contribution in [0.1, 0.15) is 5.56 Å². The van der Waals surface area contributed by atoms with E-state index >= 15 is 0 Å². The van der Waals surface area contributed by atoms with Crippen LogP contribution in [0.15, 0.2) is 17.0 Å². The molecular formula is C12H10INO3S2. The van der Waals surface area contributed by atoms with Crippen molar-refractivity contribution in [1.82, 2.24) is 5.32 Å². The van der Waals surface area contributed by atoms with Crippen LogP contribution in [0, 0.1) is 3.57 Å². The molecule has 0 radical (unpaired) electrons. The molecule has 1 heterocycles. The second-order valence-corrected chi connectivity index (χ2v) is 6.47. The van der Waals surface area contributed by atoms with Crippen molar-refractivity contribution in [2.24, 2.45) is 0 Å². The SMILES string of the molecule is COc1cc(C=C2SC(=S)NC2=O)cc(I)c1OC. The van der Waals surface area contributed by atoms with E-state index in [4.69, 9.17) is 21.7 Å². The summed E-state index contributed by atoms with van der Waals surface area (Å²) in [4.78, 5) is 12.2. The highest BCUT2D eigenvalue weighted by atomic mass is 127. The number of carbonyl (C=O) groups is 1. The molecule has 4 nitrogen and oxygen atoms in total. The van der Waals surface area contributed by atoms with Crippen molar-refractivity contribution in [2.75, 3.05) is 14.2 Å². The fourth-order valence-electron chi connectivity index (χ4n) is 1.59. The van der Waals surface area contributed by atoms with Crippen LogP contribution in [-0.4, -0.2) is 24.4 Å². The van der Waals surface area contributed by atoms with Crippen LogP contribution in [0.4, 0.5) is 0 Å². The van der Waals surface area contributed by atoms with Gasteiger partial charge in [0.2, 0.25) is 0 Å². The fourth-order valence-corrected chi connectivity index (χ4v) is 3.48. The Balaban J connectivity index is 2.42. The van der Waals surface area contributed by atoms with E-state index in [0.29, 0.717) is 20.7 Å². The summed E-state index contributed by atoms with van der Waals surface area (Å²) in [6.07, 6.45) is 1.78. The van der Waals surface area contributed by atoms with Crippen molar-refractivity contribution in [3.05, 3.63) is 26.2 Å². The Morgan fingerprint density at radius 3 is 2.63 bits per heavy atom. The molecular weight excluding hydrogens is 397 g/mol. The maximum Gasteiger partial charge on any atom is 0.263 e. The van der Waals surface area contributed by atoms with E-state index in [1.165, 1.54) is 11.8 Å². The van der Waals surface area contributed by atoms with Gasteiger partial charge in [-0.2, -0.15) is 0 Å². The first-order valence-electron chi connectivity index (χ1n) is 5.21. The van der Waals surface area contributed by atoms with Gasteiger partial charge in [0, 0.05) is 0 Å². The normalized spacial score (nSPS) is 16.7. The van der Waals surface area contributed by atoms with Gasteiger partial charge in [-0.25, -0.2) is 0 Å². The monoisotopic (exact) mass is 407 g/mol. The molecule has 0 saturated carbocycles. The van der Waals surface area contributed by atoms with Crippen LogP contribution in [0.25, 0.3) is 6.08 Å². The number of ether oxygens (including phenoxy) is 2. The number of halogens is 1. The Bertz CT molecular complexity index is 587. The quantitative estimate of drug-likeness (QED) is 0.475. The summed E-state index contributed by atoms with van der Waals surface area (Å²) in [5.74, 6) is 1.15. The van der Waals surface area contributed by atoms with E-state index in [9.17, 15) is 4.79 Å². The first-order chi connectivity index (χ1) is 9.05. The van der Waals surface area contributed by atoms with Crippen molar-refractivity contribution in [3.63, 3.8) is 0 Å². The Hall–Kier alpha value is -0.800. The van der Waals surface area contributed by atoms with E-state index in [-0.39, 0.29) is 5.91 Å². The predicted octanol–water partition coefficient (Wildman–Crippen LogP) is 2.80. The average Bonchev–Trinajstić information content (AvgIpc) is 2.67. The number of rotatable bonds is 3. The minimum Gasteiger partial charge on any atom is -0.493 e. The molecule has 0 aromatic heterocycles. The van der Waals surface area contributed by atoms with Crippen LogP contribution in [-0.2, 0) is 4.79 Å². The molecule has 1 aromatic rings. The Kier molecular flexibility index (Phi) is 4.69. The molecule has 1 saturated heterocycles. The van der Waals surface area contributed by atoms with Gasteiger partial charge < -0.3 is 14.8 Å². The van der Waals surface area contributed by atoms with Gasteiger partial charge in [-0.1, -0.05) is 24.0 Å². The summed E-state index contributed by atoms with van der Waals surface area (Å²) >= 11 is 8.37. The number of hydrogen-bond acceptors (Lipinski definition) is 5. The Morgan fingerprint density at radius 1 is 1.37 bits per heavy atom. The maximum absolute atomic E-state index is 11.6. The molecule has 0 bridgehead atoms. The molecule has 0 spiro atoms. The number of methoxy groups -OCH3 is 2. The zero-order valence-corrected chi connectivity index (χ0v) is 13.9. The summed E-state index contributed by atoms with van der Waals surface area (Å²) in [6.45, 7) is 0. The first-order valence-corrected chi connectivity index (χ1v) is 7.52. The van der Waals surface area contributed by atoms with Gasteiger partial charge >= 0.3 is 0 Å². The average molecular weight is 407 g/mol. The minimum absolute atomic E-state index is 0.167. The van der Waals surface area contributed by atoms with Gasteiger partial charge in [0.25, 0.3) is 5.91 Å². The van der Waals surface area contributed by atoms with Gasteiger partial charge in [-0.15, -0.1) is 0 Å². The topological polar surface area (TPSA) is 47.6 Å². The molecule has 19 heavy (non-hydrogen) atoms. The van der Waals surface area contributed by atoms with Crippen LogP contribution in [0.2, 0.25) is 0 Å². The molecule has 0 aliphatic carbocycles. The van der Waals surface area contributed by atoms with E-state index in [1.54, 1.807) is 20.3 Å². The maximum atomic E-state index is 11.6. The molecule has 2 rings (SSSR count). The van der Waals surface area contributed by atoms with Gasteiger partial charge in [0.15, 0.2) is 11.5 Å². The van der Waals surface area contributed by atoms with Gasteiger partial charge in [-0.05, 0) is 46.4 Å². The third-order valence-corrected chi connectivity index (χ3v) is 4.36. The third kappa shape index (κ3) is 3.21. The number of benzene rings is 1. The molecule has 1 fully saturated rings. The molecule has 1 amide bonds. The van der Waals surface area contributed by atoms with Gasteiger partial charge in [0.05, 0.1) is 22.7 Å². The van der Waals surface area contributed by atoms with Gasteiger partial charge in [-0.3, -0.25) is 4.79 Å². The van der Waals surface area contributed by atoms with Crippen molar-refractivity contribution in [3.8, 4) is 11.5 Å². The van der Waals surface area contributed by atoms with Crippen molar-refractivity contribution in [1.29, 1.82) is 0 Å². The number of thioether (sulfide) groups is 1. The smallest absolute Gasteiger partial charge is 0.263 e. The number of amides is 1. The molecule has 100 valence electrons. The highest BCUT2D eigenvalue weighted by Crippen LogP contribution is 2.35. The predicted molar refractivity (Wildman–Crippen MR) is 88.6 cm³/mol. The lowest BCUT2D eigenvalue weighted by molar-refractivity contribution is -0.115. The summed E-state index contributed by atoms with van der Waals surface area (Å²) in [5, 5.41) is 2.58. The summed E-state index contributed by atoms with van der Waals surface area (Å²) in [6, 6.07) is 3.74. The molecule has 7 heteroatoms. The molecule has 1 N–H and O–H groups in total. The largest absolute Gasteiger partial charge is 0.493 e. The van der Waals surface area contributed by atoms with Crippen LogP contribution >= 0.6 is 46.6 Å². The van der Waals surface area contributed by atoms with E-state index in [2.05, 4.69) is 27.9 Å². The fraction of sp³-hybridized carbons (Fsp3) is 0.167. The molecule has 0 atom stereocenters. The summed E-state index contributed by atoms with van der Waals surface area (Å²) in [5.41, 5.74) is 0.865. The second kappa shape index (κ2) is 6.10. The van der Waals surface area contributed by atoms with Crippen molar-refractivity contribution < 1.29 is 14.3 Å². The highest BCUT2D eigenvalue weighted by molar-refractivity contribution is 14.1. The van der Waals surface area contributed by atoms with E-state index in [1.807, 2.05) is 12.1 Å². The lowest BCUT2D eigenvalue weighted by Crippen LogP contribution is -2.17. The molecule has 0 unspecified atom stereocenters. The summed E-state index contributed by atoms with van der Waals surface area (Å²) in [7, 11) is 3.17. The second-order valence-electron chi connectivity index (χ2n) is 3.59. The number of carbonyl (C=O) groups excluding carboxylic acids is 1. The summed E-state index contributed by atoms with van der Waals surface area (Å²) < 4.78 is 11.9. The van der Waals surface area contributed by atoms with E-state index in [0.717, 1.165) is 9.13 Å². The van der Waals surface area contributed by atoms with Crippen molar-refractivity contribution in [2.45, 2.75) is 0 Å². The lowest BCUT2D eigenvalue weighted by atomic mass is 10.2. The van der Waals surface area contributed by atoms with Crippen LogP contribution in [0.3, 0.4) is 0 Å². The highest BCUT2D eigenvalue weighted by Gasteiger charge is 2.22. The lowest BCUT2D eigenvalue weighted by Gasteiger charge is -2.10. The van der Waals surface area contributed by atoms with E-state index < -0.39 is 0 Å². The molecule has 1 aliphatic heterocycles. The van der Waals surface area contributed by atoms with Crippen LogP contribution < -0.4 is 14.8 Å². The zero-order chi connectivity index (χ0) is 14.0.